The fourth-order valence-electron chi connectivity index (χ4n) is 2.71. The molecule has 0 unspecified atom stereocenters. The molecule has 0 aliphatic carbocycles. The van der Waals surface area contributed by atoms with Crippen LogP contribution in [0, 0.1) is 0 Å². The summed E-state index contributed by atoms with van der Waals surface area (Å²) in [6.07, 6.45) is 3.65. The normalized spacial score (nSPS) is 15.3. The van der Waals surface area contributed by atoms with E-state index in [2.05, 4.69) is 20.6 Å². The van der Waals surface area contributed by atoms with Crippen LogP contribution in [0.4, 0.5) is 11.5 Å². The molecule has 114 valence electrons. The average Bonchev–Trinajstić information content (AvgIpc) is 2.73. The number of amides is 1. The van der Waals surface area contributed by atoms with E-state index in [1.54, 1.807) is 32.2 Å². The number of pyridine rings is 1. The van der Waals surface area contributed by atoms with Gasteiger partial charge in [0.15, 0.2) is 0 Å². The predicted molar refractivity (Wildman–Crippen MR) is 82.2 cm³/mol. The molecule has 0 spiro atoms. The van der Waals surface area contributed by atoms with Crippen LogP contribution in [0.1, 0.15) is 36.8 Å². The van der Waals surface area contributed by atoms with Gasteiger partial charge in [-0.3, -0.25) is 14.2 Å². The van der Waals surface area contributed by atoms with E-state index in [0.29, 0.717) is 23.6 Å². The Bertz CT molecular complexity index is 796. The third-order valence-corrected chi connectivity index (χ3v) is 3.70. The van der Waals surface area contributed by atoms with Gasteiger partial charge in [-0.05, 0) is 38.0 Å². The Hall–Kier alpha value is -2.70. The zero-order chi connectivity index (χ0) is 15.9. The number of rotatable bonds is 3. The lowest BCUT2D eigenvalue weighted by molar-refractivity contribution is 0.0934. The molecule has 1 amide bonds. The average molecular weight is 299 g/mol. The van der Waals surface area contributed by atoms with Gasteiger partial charge >= 0.3 is 0 Å². The summed E-state index contributed by atoms with van der Waals surface area (Å²) >= 11 is 0. The van der Waals surface area contributed by atoms with Crippen molar-refractivity contribution >= 4 is 17.4 Å². The van der Waals surface area contributed by atoms with Crippen molar-refractivity contribution in [2.24, 2.45) is 0 Å². The molecule has 2 aromatic heterocycles. The van der Waals surface area contributed by atoms with Crippen molar-refractivity contribution in [1.82, 2.24) is 19.9 Å². The number of fused-ring (bicyclic) bond motifs is 1. The van der Waals surface area contributed by atoms with Crippen molar-refractivity contribution in [3.8, 4) is 0 Å². The van der Waals surface area contributed by atoms with Crippen molar-refractivity contribution in [3.05, 3.63) is 46.3 Å². The standard InChI is InChI=1S/C15H17N5O2/c1-4-9-7-10(18-11-5-6-16-8-17-11)14(22)20-12(9)13(21)19-15(20,2)3/h5-8H,4H2,1-3H3,(H,19,21)(H,16,17,18). The Morgan fingerprint density at radius 3 is 2.77 bits per heavy atom. The highest BCUT2D eigenvalue weighted by Gasteiger charge is 2.37. The summed E-state index contributed by atoms with van der Waals surface area (Å²) in [5, 5.41) is 5.84. The smallest absolute Gasteiger partial charge is 0.276 e. The highest BCUT2D eigenvalue weighted by atomic mass is 16.2. The highest BCUT2D eigenvalue weighted by Crippen LogP contribution is 2.25. The Kier molecular flexibility index (Phi) is 3.20. The molecule has 2 N–H and O–H groups in total. The second-order valence-corrected chi connectivity index (χ2v) is 5.66. The molecule has 2 aromatic rings. The van der Waals surface area contributed by atoms with Crippen molar-refractivity contribution in [2.45, 2.75) is 32.9 Å². The van der Waals surface area contributed by atoms with Gasteiger partial charge in [0, 0.05) is 6.20 Å². The van der Waals surface area contributed by atoms with Crippen molar-refractivity contribution in [2.75, 3.05) is 5.32 Å². The van der Waals surface area contributed by atoms with E-state index in [0.717, 1.165) is 5.56 Å². The first-order valence-corrected chi connectivity index (χ1v) is 7.09. The number of nitrogens with one attached hydrogen (secondary N) is 2. The monoisotopic (exact) mass is 299 g/mol. The largest absolute Gasteiger partial charge is 0.336 e. The van der Waals surface area contributed by atoms with Crippen LogP contribution >= 0.6 is 0 Å². The molecule has 0 radical (unpaired) electrons. The van der Waals surface area contributed by atoms with Gasteiger partial charge in [0.05, 0.1) is 0 Å². The lowest BCUT2D eigenvalue weighted by Gasteiger charge is -2.22. The fraction of sp³-hybridized carbons (Fsp3) is 0.333. The van der Waals surface area contributed by atoms with Crippen LogP contribution < -0.4 is 16.2 Å². The highest BCUT2D eigenvalue weighted by molar-refractivity contribution is 5.97. The number of carbonyl (C=O) groups is 1. The molecule has 0 saturated heterocycles. The van der Waals surface area contributed by atoms with Gasteiger partial charge in [0.1, 0.15) is 29.2 Å². The molecular weight excluding hydrogens is 282 g/mol. The van der Waals surface area contributed by atoms with Gasteiger partial charge in [0.2, 0.25) is 0 Å². The number of aromatic nitrogens is 3. The Balaban J connectivity index is 2.19. The van der Waals surface area contributed by atoms with E-state index in [-0.39, 0.29) is 11.5 Å². The van der Waals surface area contributed by atoms with Crippen molar-refractivity contribution in [3.63, 3.8) is 0 Å². The molecule has 3 rings (SSSR count). The van der Waals surface area contributed by atoms with Crippen LogP contribution in [0.25, 0.3) is 0 Å². The van der Waals surface area contributed by atoms with E-state index in [1.807, 2.05) is 6.92 Å². The number of hydrogen-bond donors (Lipinski definition) is 2. The molecule has 0 aromatic carbocycles. The fourth-order valence-corrected chi connectivity index (χ4v) is 2.71. The molecule has 0 bridgehead atoms. The second kappa shape index (κ2) is 4.94. The van der Waals surface area contributed by atoms with Crippen molar-refractivity contribution in [1.29, 1.82) is 0 Å². The van der Waals surface area contributed by atoms with Crippen LogP contribution in [0.2, 0.25) is 0 Å². The summed E-state index contributed by atoms with van der Waals surface area (Å²) in [6.45, 7) is 5.56. The predicted octanol–water partition coefficient (Wildman–Crippen LogP) is 1.38. The summed E-state index contributed by atoms with van der Waals surface area (Å²) in [4.78, 5) is 32.8. The summed E-state index contributed by atoms with van der Waals surface area (Å²) < 4.78 is 1.51. The second-order valence-electron chi connectivity index (χ2n) is 5.66. The lowest BCUT2D eigenvalue weighted by atomic mass is 10.1. The SMILES string of the molecule is CCc1cc(Nc2ccncn2)c(=O)n2c1C(=O)NC2(C)C. The van der Waals surface area contributed by atoms with Gasteiger partial charge in [0.25, 0.3) is 11.5 Å². The molecular formula is C15H17N5O2. The summed E-state index contributed by atoms with van der Waals surface area (Å²) in [5.41, 5.74) is 0.638. The van der Waals surface area contributed by atoms with Gasteiger partial charge in [-0.1, -0.05) is 6.92 Å². The first-order chi connectivity index (χ1) is 10.4. The Morgan fingerprint density at radius 1 is 1.36 bits per heavy atom. The summed E-state index contributed by atoms with van der Waals surface area (Å²) in [5.74, 6) is 0.317. The number of carbonyl (C=O) groups excluding carboxylic acids is 1. The minimum absolute atomic E-state index is 0.215. The number of hydrogen-bond acceptors (Lipinski definition) is 5. The maximum atomic E-state index is 12.8. The quantitative estimate of drug-likeness (QED) is 0.894. The van der Waals surface area contributed by atoms with Gasteiger partial charge in [-0.2, -0.15) is 0 Å². The molecule has 1 aliphatic rings. The minimum Gasteiger partial charge on any atom is -0.336 e. The maximum Gasteiger partial charge on any atom is 0.276 e. The molecule has 7 heteroatoms. The molecule has 1 aliphatic heterocycles. The van der Waals surface area contributed by atoms with E-state index in [9.17, 15) is 9.59 Å². The first kappa shape index (κ1) is 14.2. The molecule has 0 atom stereocenters. The third-order valence-electron chi connectivity index (χ3n) is 3.70. The topological polar surface area (TPSA) is 88.9 Å². The lowest BCUT2D eigenvalue weighted by Crippen LogP contribution is -2.42. The van der Waals surface area contributed by atoms with Gasteiger partial charge < -0.3 is 10.6 Å². The van der Waals surface area contributed by atoms with Crippen LogP contribution in [-0.2, 0) is 12.1 Å². The van der Waals surface area contributed by atoms with Gasteiger partial charge in [-0.25, -0.2) is 9.97 Å². The van der Waals surface area contributed by atoms with Crippen LogP contribution in [0.3, 0.4) is 0 Å². The summed E-state index contributed by atoms with van der Waals surface area (Å²) in [6, 6.07) is 3.40. The van der Waals surface area contributed by atoms with E-state index >= 15 is 0 Å². The van der Waals surface area contributed by atoms with Gasteiger partial charge in [-0.15, -0.1) is 0 Å². The molecule has 3 heterocycles. The zero-order valence-electron chi connectivity index (χ0n) is 12.7. The minimum atomic E-state index is -0.753. The maximum absolute atomic E-state index is 12.8. The van der Waals surface area contributed by atoms with Crippen LogP contribution in [-0.4, -0.2) is 20.4 Å². The van der Waals surface area contributed by atoms with Crippen LogP contribution in [0.15, 0.2) is 29.5 Å². The molecule has 22 heavy (non-hydrogen) atoms. The molecule has 0 saturated carbocycles. The number of anilines is 2. The van der Waals surface area contributed by atoms with E-state index in [4.69, 9.17) is 0 Å². The van der Waals surface area contributed by atoms with E-state index < -0.39 is 5.66 Å². The molecule has 7 nitrogen and oxygen atoms in total. The van der Waals surface area contributed by atoms with Crippen molar-refractivity contribution < 1.29 is 4.79 Å². The third kappa shape index (κ3) is 2.14. The Labute approximate surface area is 127 Å². The number of nitrogens with zero attached hydrogens (tertiary/aromatic N) is 3. The first-order valence-electron chi connectivity index (χ1n) is 7.09. The van der Waals surface area contributed by atoms with E-state index in [1.165, 1.54) is 10.9 Å². The Morgan fingerprint density at radius 2 is 2.14 bits per heavy atom. The summed E-state index contributed by atoms with van der Waals surface area (Å²) in [7, 11) is 0. The number of aryl methyl sites for hydroxylation is 1. The van der Waals surface area contributed by atoms with Crippen LogP contribution in [0.5, 0.6) is 0 Å². The zero-order valence-corrected chi connectivity index (χ0v) is 12.7. The molecule has 0 fully saturated rings.